The van der Waals surface area contributed by atoms with Crippen molar-refractivity contribution in [1.82, 2.24) is 24.7 Å². The van der Waals surface area contributed by atoms with Crippen molar-refractivity contribution in [2.45, 2.75) is 26.9 Å². The number of anilines is 1. The topological polar surface area (TPSA) is 49.6 Å². The van der Waals surface area contributed by atoms with Gasteiger partial charge in [0, 0.05) is 37.3 Å². The van der Waals surface area contributed by atoms with Crippen molar-refractivity contribution in [3.05, 3.63) is 17.0 Å². The van der Waals surface area contributed by atoms with E-state index in [1.807, 2.05) is 11.8 Å². The number of fused-ring (bicyclic) bond motifs is 1. The van der Waals surface area contributed by atoms with Crippen LogP contribution < -0.4 is 4.90 Å². The standard InChI is InChI=1S/C14H19F3N6/c1-4-21-5-7-22(8-6-21)12-10(3)9(2)11-18-19-13(14(15,16)17)23(11)20-12/h4-8H2,1-3H3. The Hall–Kier alpha value is -1.90. The van der Waals surface area contributed by atoms with Crippen LogP contribution >= 0.6 is 0 Å². The lowest BCUT2D eigenvalue weighted by molar-refractivity contribution is -0.146. The van der Waals surface area contributed by atoms with E-state index in [9.17, 15) is 13.2 Å². The molecule has 0 atom stereocenters. The van der Waals surface area contributed by atoms with E-state index in [1.54, 1.807) is 6.92 Å². The Morgan fingerprint density at radius 1 is 1.00 bits per heavy atom. The Bertz CT molecular complexity index is 715. The maximum Gasteiger partial charge on any atom is 0.453 e. The zero-order valence-electron chi connectivity index (χ0n) is 13.4. The minimum absolute atomic E-state index is 0.158. The molecule has 1 aliphatic heterocycles. The minimum atomic E-state index is -4.58. The third-order valence-electron chi connectivity index (χ3n) is 4.44. The zero-order valence-corrected chi connectivity index (χ0v) is 13.4. The van der Waals surface area contributed by atoms with Gasteiger partial charge in [-0.15, -0.1) is 15.3 Å². The first kappa shape index (κ1) is 16.0. The third kappa shape index (κ3) is 2.73. The first-order chi connectivity index (χ1) is 10.8. The summed E-state index contributed by atoms with van der Waals surface area (Å²) in [6.07, 6.45) is -4.58. The molecular weight excluding hydrogens is 309 g/mol. The second-order valence-corrected chi connectivity index (χ2v) is 5.75. The molecule has 1 fully saturated rings. The van der Waals surface area contributed by atoms with Crippen molar-refractivity contribution in [2.24, 2.45) is 0 Å². The average molecular weight is 328 g/mol. The van der Waals surface area contributed by atoms with Gasteiger partial charge < -0.3 is 9.80 Å². The van der Waals surface area contributed by atoms with Gasteiger partial charge in [-0.2, -0.15) is 17.7 Å². The second-order valence-electron chi connectivity index (χ2n) is 5.75. The van der Waals surface area contributed by atoms with Crippen LogP contribution in [0.5, 0.6) is 0 Å². The van der Waals surface area contributed by atoms with E-state index in [2.05, 4.69) is 27.1 Å². The van der Waals surface area contributed by atoms with E-state index < -0.39 is 12.0 Å². The van der Waals surface area contributed by atoms with E-state index in [1.165, 1.54) is 0 Å². The van der Waals surface area contributed by atoms with Gasteiger partial charge in [-0.25, -0.2) is 0 Å². The highest BCUT2D eigenvalue weighted by Crippen LogP contribution is 2.30. The number of piperazine rings is 1. The molecule has 1 aliphatic rings. The highest BCUT2D eigenvalue weighted by atomic mass is 19.4. The van der Waals surface area contributed by atoms with Gasteiger partial charge in [0.15, 0.2) is 11.5 Å². The summed E-state index contributed by atoms with van der Waals surface area (Å²) < 4.78 is 40.0. The molecule has 1 saturated heterocycles. The van der Waals surface area contributed by atoms with Crippen molar-refractivity contribution in [3.8, 4) is 0 Å². The van der Waals surface area contributed by atoms with Gasteiger partial charge in [0.1, 0.15) is 0 Å². The summed E-state index contributed by atoms with van der Waals surface area (Å²) in [6, 6.07) is 0. The molecule has 0 aromatic carbocycles. The number of halogens is 3. The molecule has 0 aliphatic carbocycles. The summed E-state index contributed by atoms with van der Waals surface area (Å²) >= 11 is 0. The maximum absolute atomic E-state index is 13.1. The number of likely N-dealkylation sites (N-methyl/N-ethyl adjacent to an activating group) is 1. The molecule has 0 bridgehead atoms. The van der Waals surface area contributed by atoms with Gasteiger partial charge >= 0.3 is 6.18 Å². The third-order valence-corrected chi connectivity index (χ3v) is 4.44. The number of aromatic nitrogens is 4. The van der Waals surface area contributed by atoms with Crippen LogP contribution in [0.25, 0.3) is 5.65 Å². The summed E-state index contributed by atoms with van der Waals surface area (Å²) in [5.41, 5.74) is 1.69. The largest absolute Gasteiger partial charge is 0.453 e. The summed E-state index contributed by atoms with van der Waals surface area (Å²) in [4.78, 5) is 4.34. The molecule has 2 aromatic heterocycles. The molecule has 6 nitrogen and oxygen atoms in total. The SMILES string of the molecule is CCN1CCN(c2nn3c(C(F)(F)F)nnc3c(C)c2C)CC1. The molecule has 2 aromatic rings. The lowest BCUT2D eigenvalue weighted by Crippen LogP contribution is -2.46. The lowest BCUT2D eigenvalue weighted by atomic mass is 10.1. The second kappa shape index (κ2) is 5.63. The van der Waals surface area contributed by atoms with Gasteiger partial charge in [-0.3, -0.25) is 0 Å². The zero-order chi connectivity index (χ0) is 16.8. The first-order valence-corrected chi connectivity index (χ1v) is 7.60. The van der Waals surface area contributed by atoms with E-state index in [0.29, 0.717) is 11.4 Å². The van der Waals surface area contributed by atoms with Gasteiger partial charge in [0.05, 0.1) is 0 Å². The van der Waals surface area contributed by atoms with Gasteiger partial charge in [0.2, 0.25) is 0 Å². The summed E-state index contributed by atoms with van der Waals surface area (Å²) in [6.45, 7) is 9.95. The Morgan fingerprint density at radius 2 is 1.65 bits per heavy atom. The summed E-state index contributed by atoms with van der Waals surface area (Å²) in [5, 5.41) is 11.2. The minimum Gasteiger partial charge on any atom is -0.352 e. The fourth-order valence-electron chi connectivity index (χ4n) is 2.87. The van der Waals surface area contributed by atoms with Crippen LogP contribution in [-0.4, -0.2) is 57.4 Å². The normalized spacial score (nSPS) is 17.2. The molecule has 3 heterocycles. The molecule has 9 heteroatoms. The van der Waals surface area contributed by atoms with Crippen LogP contribution in [0.3, 0.4) is 0 Å². The van der Waals surface area contributed by atoms with Crippen LogP contribution in [0, 0.1) is 13.8 Å². The molecule has 126 valence electrons. The van der Waals surface area contributed by atoms with Gasteiger partial charge in [-0.05, 0) is 20.4 Å². The predicted octanol–water partition coefficient (Wildman–Crippen LogP) is 1.90. The number of alkyl halides is 3. The van der Waals surface area contributed by atoms with E-state index >= 15 is 0 Å². The molecule has 0 N–H and O–H groups in total. The number of hydrogen-bond donors (Lipinski definition) is 0. The van der Waals surface area contributed by atoms with Crippen molar-refractivity contribution < 1.29 is 13.2 Å². The molecule has 3 rings (SSSR count). The first-order valence-electron chi connectivity index (χ1n) is 7.60. The Morgan fingerprint density at radius 3 is 2.22 bits per heavy atom. The fraction of sp³-hybridized carbons (Fsp3) is 0.643. The average Bonchev–Trinajstić information content (AvgIpc) is 2.95. The number of aryl methyl sites for hydroxylation is 1. The van der Waals surface area contributed by atoms with Crippen molar-refractivity contribution in [2.75, 3.05) is 37.6 Å². The highest BCUT2D eigenvalue weighted by Gasteiger charge is 2.38. The molecule has 0 unspecified atom stereocenters. The molecule has 0 saturated carbocycles. The summed E-state index contributed by atoms with van der Waals surface area (Å²) in [5.74, 6) is -0.500. The van der Waals surface area contributed by atoms with Crippen molar-refractivity contribution in [3.63, 3.8) is 0 Å². The molecule has 23 heavy (non-hydrogen) atoms. The Balaban J connectivity index is 2.05. The van der Waals surface area contributed by atoms with Crippen LogP contribution in [0.2, 0.25) is 0 Å². The van der Waals surface area contributed by atoms with Gasteiger partial charge in [-0.1, -0.05) is 6.92 Å². The fourth-order valence-corrected chi connectivity index (χ4v) is 2.87. The molecule has 0 amide bonds. The molecule has 0 spiro atoms. The van der Waals surface area contributed by atoms with Crippen molar-refractivity contribution >= 4 is 11.5 Å². The Kier molecular flexibility index (Phi) is 3.91. The van der Waals surface area contributed by atoms with E-state index in [-0.39, 0.29) is 5.65 Å². The van der Waals surface area contributed by atoms with Gasteiger partial charge in [0.25, 0.3) is 5.82 Å². The van der Waals surface area contributed by atoms with Crippen LogP contribution in [-0.2, 0) is 6.18 Å². The smallest absolute Gasteiger partial charge is 0.352 e. The number of nitrogens with zero attached hydrogens (tertiary/aromatic N) is 6. The number of rotatable bonds is 2. The summed E-state index contributed by atoms with van der Waals surface area (Å²) in [7, 11) is 0. The highest BCUT2D eigenvalue weighted by molar-refractivity contribution is 5.59. The maximum atomic E-state index is 13.1. The van der Waals surface area contributed by atoms with Crippen molar-refractivity contribution in [1.29, 1.82) is 0 Å². The van der Waals surface area contributed by atoms with Crippen LogP contribution in [0.1, 0.15) is 23.9 Å². The molecular formula is C14H19F3N6. The van der Waals surface area contributed by atoms with E-state index in [4.69, 9.17) is 0 Å². The lowest BCUT2D eigenvalue weighted by Gasteiger charge is -2.35. The predicted molar refractivity (Wildman–Crippen MR) is 79.6 cm³/mol. The van der Waals surface area contributed by atoms with E-state index in [0.717, 1.165) is 42.8 Å². The molecule has 0 radical (unpaired) electrons. The quantitative estimate of drug-likeness (QED) is 0.843. The monoisotopic (exact) mass is 328 g/mol. The van der Waals surface area contributed by atoms with Crippen LogP contribution in [0.4, 0.5) is 19.0 Å². The Labute approximate surface area is 131 Å². The number of hydrogen-bond acceptors (Lipinski definition) is 5. The van der Waals surface area contributed by atoms with Crippen LogP contribution in [0.15, 0.2) is 0 Å².